The number of fused-ring (bicyclic) bond motifs is 1. The molecule has 5 heteroatoms. The molecule has 4 rings (SSSR count). The van der Waals surface area contributed by atoms with E-state index in [1.807, 2.05) is 42.8 Å². The zero-order valence-electron chi connectivity index (χ0n) is 16.7. The first kappa shape index (κ1) is 19.5. The van der Waals surface area contributed by atoms with E-state index in [0.29, 0.717) is 18.8 Å². The van der Waals surface area contributed by atoms with Crippen LogP contribution in [0.1, 0.15) is 27.9 Å². The van der Waals surface area contributed by atoms with Crippen LogP contribution in [0.2, 0.25) is 0 Å². The number of methoxy groups -OCH3 is 1. The van der Waals surface area contributed by atoms with Gasteiger partial charge in [0, 0.05) is 25.2 Å². The van der Waals surface area contributed by atoms with Crippen molar-refractivity contribution in [2.45, 2.75) is 6.54 Å². The Morgan fingerprint density at radius 3 is 2.83 bits per heavy atom. The second kappa shape index (κ2) is 9.09. The van der Waals surface area contributed by atoms with E-state index in [4.69, 9.17) is 4.74 Å². The molecule has 30 heavy (non-hydrogen) atoms. The fraction of sp³-hybridized carbons (Fsp3) is 0.120. The fourth-order valence-electron chi connectivity index (χ4n) is 3.31. The van der Waals surface area contributed by atoms with Crippen molar-refractivity contribution >= 4 is 23.9 Å². The zero-order valence-corrected chi connectivity index (χ0v) is 16.7. The van der Waals surface area contributed by atoms with Crippen molar-refractivity contribution in [1.82, 2.24) is 10.3 Å². The van der Waals surface area contributed by atoms with Gasteiger partial charge in [-0.3, -0.25) is 9.98 Å². The summed E-state index contributed by atoms with van der Waals surface area (Å²) in [4.78, 5) is 8.80. The molecule has 150 valence electrons. The van der Waals surface area contributed by atoms with Gasteiger partial charge in [0.15, 0.2) is 11.5 Å². The van der Waals surface area contributed by atoms with Crippen molar-refractivity contribution in [3.8, 4) is 11.5 Å². The third-order valence-electron chi connectivity index (χ3n) is 4.88. The summed E-state index contributed by atoms with van der Waals surface area (Å²) in [7, 11) is 1.54. The number of phenols is 1. The third kappa shape index (κ3) is 4.58. The van der Waals surface area contributed by atoms with E-state index >= 15 is 0 Å². The van der Waals surface area contributed by atoms with Crippen molar-refractivity contribution in [3.05, 3.63) is 94.9 Å². The van der Waals surface area contributed by atoms with Gasteiger partial charge in [-0.2, -0.15) is 0 Å². The molecule has 1 aliphatic rings. The maximum Gasteiger partial charge on any atom is 0.160 e. The molecule has 0 radical (unpaired) electrons. The highest BCUT2D eigenvalue weighted by Gasteiger charge is 2.11. The number of benzene rings is 2. The van der Waals surface area contributed by atoms with Crippen LogP contribution in [0.25, 0.3) is 17.7 Å². The van der Waals surface area contributed by atoms with Crippen molar-refractivity contribution < 1.29 is 9.84 Å². The molecule has 0 fully saturated rings. The normalized spacial score (nSPS) is 14.1. The minimum atomic E-state index is 0.140. The molecular weight excluding hydrogens is 374 g/mol. The average molecular weight is 397 g/mol. The first-order chi connectivity index (χ1) is 14.7. The molecular formula is C25H23N3O2. The fourth-order valence-corrected chi connectivity index (χ4v) is 3.31. The Bertz CT molecular complexity index is 1120. The number of nitrogens with zero attached hydrogens (tertiary/aromatic N) is 2. The summed E-state index contributed by atoms with van der Waals surface area (Å²) in [6.07, 6.45) is 9.79. The molecule has 5 nitrogen and oxygen atoms in total. The molecule has 0 spiro atoms. The van der Waals surface area contributed by atoms with E-state index in [-0.39, 0.29) is 5.75 Å². The Morgan fingerprint density at radius 2 is 2.03 bits per heavy atom. The lowest BCUT2D eigenvalue weighted by atomic mass is 9.96. The van der Waals surface area contributed by atoms with Gasteiger partial charge in [0.25, 0.3) is 0 Å². The lowest BCUT2D eigenvalue weighted by molar-refractivity contribution is 0.373. The summed E-state index contributed by atoms with van der Waals surface area (Å²) < 4.78 is 5.09. The predicted octanol–water partition coefficient (Wildman–Crippen LogP) is 4.53. The van der Waals surface area contributed by atoms with Crippen LogP contribution in [0.5, 0.6) is 11.5 Å². The Balaban J connectivity index is 1.50. The molecule has 2 N–H and O–H groups in total. The van der Waals surface area contributed by atoms with Crippen LogP contribution >= 0.6 is 0 Å². The van der Waals surface area contributed by atoms with Crippen molar-refractivity contribution in [2.75, 3.05) is 13.7 Å². The van der Waals surface area contributed by atoms with E-state index < -0.39 is 0 Å². The maximum atomic E-state index is 9.93. The van der Waals surface area contributed by atoms with Gasteiger partial charge < -0.3 is 15.2 Å². The van der Waals surface area contributed by atoms with Crippen molar-refractivity contribution in [1.29, 1.82) is 0 Å². The van der Waals surface area contributed by atoms with E-state index in [9.17, 15) is 5.11 Å². The second-order valence-electron chi connectivity index (χ2n) is 6.96. The molecule has 0 amide bonds. The maximum absolute atomic E-state index is 9.93. The van der Waals surface area contributed by atoms with Gasteiger partial charge in [-0.25, -0.2) is 0 Å². The Kier molecular flexibility index (Phi) is 5.90. The van der Waals surface area contributed by atoms with Crippen LogP contribution in [0.4, 0.5) is 0 Å². The van der Waals surface area contributed by atoms with E-state index in [1.54, 1.807) is 18.3 Å². The second-order valence-corrected chi connectivity index (χ2v) is 6.96. The number of phenolic OH excluding ortho intramolecular Hbond substituents is 1. The molecule has 2 aromatic carbocycles. The van der Waals surface area contributed by atoms with Gasteiger partial charge in [0.2, 0.25) is 0 Å². The summed E-state index contributed by atoms with van der Waals surface area (Å²) in [6, 6.07) is 17.6. The molecule has 0 atom stereocenters. The molecule has 0 saturated heterocycles. The lowest BCUT2D eigenvalue weighted by Crippen LogP contribution is -2.10. The lowest BCUT2D eigenvalue weighted by Gasteiger charge is -2.15. The number of rotatable bonds is 6. The van der Waals surface area contributed by atoms with Crippen LogP contribution in [0.15, 0.2) is 72.0 Å². The van der Waals surface area contributed by atoms with E-state index in [0.717, 1.165) is 28.0 Å². The standard InChI is InChI=1S/C25H23N3O2/c1-30-25-10-7-19(13-24(25)29)14-26-16-21-17-27-15-20-8-5-18(12-23(20)21)6-9-22-4-2-3-11-28-22/h2-13,15-16,26,29H,14,17H2,1H3. The van der Waals surface area contributed by atoms with Crippen LogP contribution in [-0.2, 0) is 6.54 Å². The summed E-state index contributed by atoms with van der Waals surface area (Å²) in [5.41, 5.74) is 6.40. The summed E-state index contributed by atoms with van der Waals surface area (Å²) in [5.74, 6) is 0.611. The minimum Gasteiger partial charge on any atom is -0.504 e. The molecule has 2 heterocycles. The smallest absolute Gasteiger partial charge is 0.160 e. The highest BCUT2D eigenvalue weighted by atomic mass is 16.5. The number of aromatic nitrogens is 1. The SMILES string of the molecule is COc1ccc(CNC=C2CN=Cc3ccc(C=Cc4ccccn4)cc32)cc1O. The molecule has 1 aromatic heterocycles. The van der Waals surface area contributed by atoms with Gasteiger partial charge >= 0.3 is 0 Å². The largest absolute Gasteiger partial charge is 0.504 e. The summed E-state index contributed by atoms with van der Waals surface area (Å²) in [6.45, 7) is 1.22. The van der Waals surface area contributed by atoms with E-state index in [2.05, 4.69) is 39.6 Å². The van der Waals surface area contributed by atoms with Gasteiger partial charge in [-0.05, 0) is 64.2 Å². The Labute approximate surface area is 176 Å². The van der Waals surface area contributed by atoms with Gasteiger partial charge in [-0.15, -0.1) is 0 Å². The number of ether oxygens (including phenoxy) is 1. The Hall–Kier alpha value is -3.86. The van der Waals surface area contributed by atoms with Crippen LogP contribution < -0.4 is 10.1 Å². The highest BCUT2D eigenvalue weighted by molar-refractivity contribution is 5.93. The molecule has 1 aliphatic heterocycles. The first-order valence-corrected chi connectivity index (χ1v) is 9.74. The number of aliphatic imine (C=N–C) groups is 1. The number of nitrogens with one attached hydrogen (secondary N) is 1. The monoisotopic (exact) mass is 397 g/mol. The third-order valence-corrected chi connectivity index (χ3v) is 4.88. The average Bonchev–Trinajstić information content (AvgIpc) is 2.78. The number of pyridine rings is 1. The Morgan fingerprint density at radius 1 is 1.10 bits per heavy atom. The van der Waals surface area contributed by atoms with Crippen molar-refractivity contribution in [2.24, 2.45) is 4.99 Å². The molecule has 0 bridgehead atoms. The molecule has 0 aliphatic carbocycles. The van der Waals surface area contributed by atoms with Crippen LogP contribution in [-0.4, -0.2) is 30.0 Å². The van der Waals surface area contributed by atoms with Gasteiger partial charge in [-0.1, -0.05) is 30.3 Å². The number of hydrogen-bond donors (Lipinski definition) is 2. The van der Waals surface area contributed by atoms with Gasteiger partial charge in [0.1, 0.15) is 0 Å². The quantitative estimate of drug-likeness (QED) is 0.641. The number of aromatic hydroxyl groups is 1. The van der Waals surface area contributed by atoms with Crippen LogP contribution in [0, 0.1) is 0 Å². The molecule has 0 unspecified atom stereocenters. The molecule has 0 saturated carbocycles. The topological polar surface area (TPSA) is 66.7 Å². The summed E-state index contributed by atoms with van der Waals surface area (Å²) in [5, 5.41) is 13.3. The number of hydrogen-bond acceptors (Lipinski definition) is 5. The molecule has 3 aromatic rings. The first-order valence-electron chi connectivity index (χ1n) is 9.74. The minimum absolute atomic E-state index is 0.140. The van der Waals surface area contributed by atoms with Crippen LogP contribution in [0.3, 0.4) is 0 Å². The van der Waals surface area contributed by atoms with E-state index in [1.165, 1.54) is 12.7 Å². The van der Waals surface area contributed by atoms with Crippen molar-refractivity contribution in [3.63, 3.8) is 0 Å². The zero-order chi connectivity index (χ0) is 20.8. The van der Waals surface area contributed by atoms with Gasteiger partial charge in [0.05, 0.1) is 19.3 Å². The summed E-state index contributed by atoms with van der Waals surface area (Å²) >= 11 is 0. The highest BCUT2D eigenvalue weighted by Crippen LogP contribution is 2.27. The predicted molar refractivity (Wildman–Crippen MR) is 122 cm³/mol.